The van der Waals surface area contributed by atoms with Gasteiger partial charge in [0.2, 0.25) is 6.29 Å². The molecule has 18 heteroatoms. The molecule has 0 radical (unpaired) electrons. The van der Waals surface area contributed by atoms with Crippen LogP contribution in [0.25, 0.3) is 0 Å². The summed E-state index contributed by atoms with van der Waals surface area (Å²) in [5.74, 6) is -0.845. The van der Waals surface area contributed by atoms with Crippen molar-refractivity contribution >= 4 is 17.5 Å². The fourth-order valence-electron chi connectivity index (χ4n) is 13.7. The number of Topliss-reactive ketones (excluding diaryl/α,β-unsaturated/α-hetero) is 2. The van der Waals surface area contributed by atoms with E-state index in [0.29, 0.717) is 31.5 Å². The van der Waals surface area contributed by atoms with E-state index in [4.69, 9.17) is 28.4 Å². The number of rotatable bonds is 8. The standard InChI is InChI=1S/C48H72O18/c1-21-30(52)32(54)35(57)40(62-21)65-38-24(19-49)63-39(37(59)34(38)56)61-20-25-31(53)33(55)36(58)41(64-25)66-42(60)48-16-15-46(7)22(23(48)17-43(2,3)29(51)18-48)9-10-27-45(6)13-12-28(50)44(4,5)26(45)11-14-47(27,46)8/h9-10,21,23-26,30-41,49,52-59H,11-20H2,1-8H3/t21-,23-,24+,25+,26-,30-,31+,32+,33-,34+,35+,36+,37+,38+,39+,40-,41-,45-,46+,47+,48+/m0/s1. The summed E-state index contributed by atoms with van der Waals surface area (Å²) >= 11 is 0. The van der Waals surface area contributed by atoms with Crippen LogP contribution < -0.4 is 0 Å². The summed E-state index contributed by atoms with van der Waals surface area (Å²) in [6.07, 6.45) is -16.3. The molecule has 3 heterocycles. The van der Waals surface area contributed by atoms with Crippen LogP contribution in [0.1, 0.15) is 107 Å². The Morgan fingerprint density at radius 1 is 0.697 bits per heavy atom. The second kappa shape index (κ2) is 17.2. The molecule has 3 aliphatic heterocycles. The summed E-state index contributed by atoms with van der Waals surface area (Å²) in [4.78, 5) is 42.1. The number of hydrogen-bond donors (Lipinski definition) is 9. The van der Waals surface area contributed by atoms with Gasteiger partial charge in [-0.15, -0.1) is 0 Å². The van der Waals surface area contributed by atoms with Crippen LogP contribution >= 0.6 is 0 Å². The van der Waals surface area contributed by atoms with Crippen LogP contribution in [0, 0.1) is 44.3 Å². The molecule has 0 unspecified atom stereocenters. The Morgan fingerprint density at radius 3 is 2.02 bits per heavy atom. The highest BCUT2D eigenvalue weighted by Crippen LogP contribution is 2.74. The summed E-state index contributed by atoms with van der Waals surface area (Å²) in [7, 11) is 0. The normalized spacial score (nSPS) is 51.0. The molecule has 8 aliphatic rings. The first-order valence-corrected chi connectivity index (χ1v) is 23.7. The molecule has 5 aliphatic carbocycles. The first kappa shape index (κ1) is 50.1. The van der Waals surface area contributed by atoms with Gasteiger partial charge < -0.3 is 74.4 Å². The molecule has 18 nitrogen and oxygen atoms in total. The van der Waals surface area contributed by atoms with Crippen molar-refractivity contribution in [3.05, 3.63) is 23.3 Å². The Kier molecular flexibility index (Phi) is 13.1. The quantitative estimate of drug-likeness (QED) is 0.150. The van der Waals surface area contributed by atoms with Crippen molar-refractivity contribution in [3.8, 4) is 0 Å². The van der Waals surface area contributed by atoms with E-state index < -0.39 is 139 Å². The van der Waals surface area contributed by atoms with Crippen LogP contribution in [0.4, 0.5) is 0 Å². The predicted octanol–water partition coefficient (Wildman–Crippen LogP) is 0.475. The summed E-state index contributed by atoms with van der Waals surface area (Å²) in [5, 5.41) is 96.3. The lowest BCUT2D eigenvalue weighted by Gasteiger charge is -2.67. The number of hydrogen-bond acceptors (Lipinski definition) is 18. The van der Waals surface area contributed by atoms with Crippen LogP contribution in [0.5, 0.6) is 0 Å². The zero-order valence-electron chi connectivity index (χ0n) is 39.2. The molecule has 0 aromatic carbocycles. The predicted molar refractivity (Wildman–Crippen MR) is 228 cm³/mol. The van der Waals surface area contributed by atoms with Gasteiger partial charge in [-0.2, -0.15) is 0 Å². The number of aliphatic hydroxyl groups excluding tert-OH is 9. The summed E-state index contributed by atoms with van der Waals surface area (Å²) in [5.41, 5.74) is -1.07. The van der Waals surface area contributed by atoms with Crippen molar-refractivity contribution in [2.45, 2.75) is 199 Å². The van der Waals surface area contributed by atoms with Crippen molar-refractivity contribution in [1.82, 2.24) is 0 Å². The molecule has 9 N–H and O–H groups in total. The first-order valence-electron chi connectivity index (χ1n) is 23.7. The number of aliphatic hydroxyl groups is 9. The van der Waals surface area contributed by atoms with Gasteiger partial charge >= 0.3 is 5.97 Å². The van der Waals surface area contributed by atoms with Crippen LogP contribution in [-0.4, -0.2) is 169 Å². The molecule has 0 aromatic rings. The van der Waals surface area contributed by atoms with E-state index in [9.17, 15) is 60.3 Å². The third kappa shape index (κ3) is 7.54. The molecule has 4 saturated carbocycles. The number of ketones is 2. The largest absolute Gasteiger partial charge is 0.432 e. The molecule has 66 heavy (non-hydrogen) atoms. The molecule has 0 amide bonds. The Balaban J connectivity index is 1.00. The van der Waals surface area contributed by atoms with Crippen LogP contribution in [0.15, 0.2) is 23.3 Å². The summed E-state index contributed by atoms with van der Waals surface area (Å²) in [6.45, 7) is 14.8. The topological polar surface area (TPSA) is 289 Å². The highest BCUT2D eigenvalue weighted by atomic mass is 16.8. The maximum atomic E-state index is 14.9. The number of carbonyl (C=O) groups is 3. The van der Waals surface area contributed by atoms with E-state index in [2.05, 4.69) is 46.8 Å². The first-order chi connectivity index (χ1) is 30.7. The zero-order valence-corrected chi connectivity index (χ0v) is 39.2. The van der Waals surface area contributed by atoms with E-state index in [1.165, 1.54) is 12.5 Å². The highest BCUT2D eigenvalue weighted by molar-refractivity contribution is 5.93. The van der Waals surface area contributed by atoms with Gasteiger partial charge in [0, 0.05) is 23.7 Å². The fourth-order valence-corrected chi connectivity index (χ4v) is 13.7. The third-order valence-corrected chi connectivity index (χ3v) is 18.4. The van der Waals surface area contributed by atoms with Gasteiger partial charge in [0.1, 0.15) is 78.7 Å². The van der Waals surface area contributed by atoms with Gasteiger partial charge in [0.15, 0.2) is 12.6 Å². The average molecular weight is 937 g/mol. The molecule has 8 rings (SSSR count). The third-order valence-electron chi connectivity index (χ3n) is 18.4. The molecule has 0 aromatic heterocycles. The van der Waals surface area contributed by atoms with Crippen molar-refractivity contribution in [2.24, 2.45) is 44.3 Å². The number of ether oxygens (including phenoxy) is 6. The smallest absolute Gasteiger partial charge is 0.315 e. The second-order valence-electron chi connectivity index (χ2n) is 22.7. The van der Waals surface area contributed by atoms with E-state index >= 15 is 0 Å². The van der Waals surface area contributed by atoms with Crippen LogP contribution in [0.2, 0.25) is 0 Å². The molecule has 7 fully saturated rings. The minimum absolute atomic E-state index is 0.109. The number of carbonyl (C=O) groups excluding carboxylic acids is 3. The average Bonchev–Trinajstić information content (AvgIpc) is 3.26. The van der Waals surface area contributed by atoms with Gasteiger partial charge in [0.05, 0.1) is 24.7 Å². The molecule has 3 saturated heterocycles. The Morgan fingerprint density at radius 2 is 1.33 bits per heavy atom. The number of fused-ring (bicyclic) bond motifs is 7. The lowest BCUT2D eigenvalue weighted by atomic mass is 9.36. The summed E-state index contributed by atoms with van der Waals surface area (Å²) < 4.78 is 34.5. The van der Waals surface area contributed by atoms with Gasteiger partial charge in [-0.25, -0.2) is 0 Å². The molecule has 0 spiro atoms. The monoisotopic (exact) mass is 936 g/mol. The minimum atomic E-state index is -1.92. The van der Waals surface area contributed by atoms with Gasteiger partial charge in [-0.05, 0) is 73.5 Å². The van der Waals surface area contributed by atoms with E-state index in [0.717, 1.165) is 24.8 Å². The van der Waals surface area contributed by atoms with Crippen molar-refractivity contribution in [1.29, 1.82) is 0 Å². The maximum absolute atomic E-state index is 14.9. The number of esters is 1. The van der Waals surface area contributed by atoms with Crippen LogP contribution in [-0.2, 0) is 42.8 Å². The SMILES string of the molecule is C[C@@H]1O[C@@H](O[C@H]2[C@H](O)[C@@H](O)[C@H](OC[C@H]3O[C@@H](OC(=O)[C@@]45CC[C@]6(C)C(=CC=C7[C@@]8(C)CCC(=O)C(C)(C)[C@@H]8CC[C@]76C)[C@@H]4CC(C)(C)C(=O)C5)[C@H](O)[C@@H](O)[C@@H]3O)O[C@@H]2CO)[C@H](O)[C@H](O)[C@H]1O. The molecule has 0 bridgehead atoms. The number of allylic oxidation sites excluding steroid dienone is 4. The Hall–Kier alpha value is -2.27. The van der Waals surface area contributed by atoms with Crippen molar-refractivity contribution < 1.29 is 88.8 Å². The lowest BCUT2D eigenvalue weighted by Crippen LogP contribution is -2.65. The Bertz CT molecular complexity index is 1970. The lowest BCUT2D eigenvalue weighted by molar-refractivity contribution is -0.361. The molecular weight excluding hydrogens is 865 g/mol. The molecule has 372 valence electrons. The maximum Gasteiger partial charge on any atom is 0.315 e. The fraction of sp³-hybridized carbons (Fsp3) is 0.854. The highest BCUT2D eigenvalue weighted by Gasteiger charge is 2.69. The Labute approximate surface area is 385 Å². The zero-order chi connectivity index (χ0) is 48.4. The summed E-state index contributed by atoms with van der Waals surface area (Å²) in [6, 6.07) is 0. The van der Waals surface area contributed by atoms with Gasteiger partial charge in [-0.3, -0.25) is 14.4 Å². The molecule has 21 atom stereocenters. The van der Waals surface area contributed by atoms with Gasteiger partial charge in [-0.1, -0.05) is 71.8 Å². The molecular formula is C48H72O18. The van der Waals surface area contributed by atoms with Crippen molar-refractivity contribution in [2.75, 3.05) is 13.2 Å². The van der Waals surface area contributed by atoms with E-state index in [1.54, 1.807) is 0 Å². The van der Waals surface area contributed by atoms with E-state index in [1.807, 2.05) is 13.8 Å². The van der Waals surface area contributed by atoms with E-state index in [-0.39, 0.29) is 29.0 Å². The van der Waals surface area contributed by atoms with Gasteiger partial charge in [0.25, 0.3) is 0 Å². The minimum Gasteiger partial charge on any atom is -0.432 e. The second-order valence-corrected chi connectivity index (χ2v) is 22.7. The van der Waals surface area contributed by atoms with Crippen LogP contribution in [0.3, 0.4) is 0 Å². The van der Waals surface area contributed by atoms with Crippen molar-refractivity contribution in [3.63, 3.8) is 0 Å².